The molecule has 0 aromatic rings. The van der Waals surface area contributed by atoms with E-state index in [-0.39, 0.29) is 0 Å². The van der Waals surface area contributed by atoms with Gasteiger partial charge >= 0.3 is 0 Å². The summed E-state index contributed by atoms with van der Waals surface area (Å²) in [5, 5.41) is 3.44. The molecule has 0 aromatic carbocycles. The Bertz CT molecular complexity index is 159. The number of hydrogen-bond donors (Lipinski definition) is 1. The Balaban J connectivity index is 1.66. The van der Waals surface area contributed by atoms with Crippen molar-refractivity contribution in [2.45, 2.75) is 56.6 Å². The highest BCUT2D eigenvalue weighted by molar-refractivity contribution is 5.00. The molecule has 1 aliphatic heterocycles. The summed E-state index contributed by atoms with van der Waals surface area (Å²) in [5.74, 6) is 0. The Hall–Kier alpha value is -0.0800. The topological polar surface area (TPSA) is 21.3 Å². The quantitative estimate of drug-likeness (QED) is 0.720. The minimum atomic E-state index is 0.515. The predicted octanol–water partition coefficient (Wildman–Crippen LogP) is 2.09. The van der Waals surface area contributed by atoms with E-state index in [1.165, 1.54) is 44.9 Å². The molecule has 0 amide bonds. The maximum absolute atomic E-state index is 5.72. The van der Waals surface area contributed by atoms with Gasteiger partial charge in [0.25, 0.3) is 0 Å². The first-order valence-electron chi connectivity index (χ1n) is 5.65. The number of rotatable bonds is 4. The minimum absolute atomic E-state index is 0.515. The monoisotopic (exact) mass is 183 g/mol. The summed E-state index contributed by atoms with van der Waals surface area (Å²) < 4.78 is 5.72. The standard InChI is InChI=1S/C11H21NO/c1-12-11(7-8-11)6-5-10-4-2-3-9-13-10/h10,12H,2-9H2,1H3. The zero-order valence-corrected chi connectivity index (χ0v) is 8.64. The Morgan fingerprint density at radius 1 is 1.38 bits per heavy atom. The van der Waals surface area contributed by atoms with Gasteiger partial charge in [0.2, 0.25) is 0 Å². The third-order valence-electron chi connectivity index (χ3n) is 3.60. The average Bonchev–Trinajstić information content (AvgIpc) is 2.97. The van der Waals surface area contributed by atoms with Gasteiger partial charge in [-0.15, -0.1) is 0 Å². The van der Waals surface area contributed by atoms with E-state index in [0.717, 1.165) is 6.61 Å². The smallest absolute Gasteiger partial charge is 0.0575 e. The third-order valence-corrected chi connectivity index (χ3v) is 3.60. The highest BCUT2D eigenvalue weighted by atomic mass is 16.5. The molecule has 0 aromatic heterocycles. The van der Waals surface area contributed by atoms with Crippen molar-refractivity contribution in [3.63, 3.8) is 0 Å². The molecule has 1 saturated carbocycles. The van der Waals surface area contributed by atoms with Crippen LogP contribution < -0.4 is 5.32 Å². The van der Waals surface area contributed by atoms with Gasteiger partial charge in [-0.1, -0.05) is 0 Å². The van der Waals surface area contributed by atoms with Gasteiger partial charge in [0, 0.05) is 12.1 Å². The fraction of sp³-hybridized carbons (Fsp3) is 1.00. The van der Waals surface area contributed by atoms with Crippen molar-refractivity contribution >= 4 is 0 Å². The molecule has 0 spiro atoms. The normalized spacial score (nSPS) is 31.6. The summed E-state index contributed by atoms with van der Waals surface area (Å²) in [6, 6.07) is 0. The molecular formula is C11H21NO. The van der Waals surface area contributed by atoms with E-state index in [0.29, 0.717) is 11.6 Å². The molecule has 1 atom stereocenters. The van der Waals surface area contributed by atoms with E-state index in [2.05, 4.69) is 12.4 Å². The lowest BCUT2D eigenvalue weighted by atomic mass is 10.0. The molecule has 1 aliphatic carbocycles. The Labute approximate surface area is 81.0 Å². The lowest BCUT2D eigenvalue weighted by Crippen LogP contribution is -2.29. The van der Waals surface area contributed by atoms with Crippen LogP contribution in [-0.4, -0.2) is 25.3 Å². The van der Waals surface area contributed by atoms with E-state index < -0.39 is 0 Å². The van der Waals surface area contributed by atoms with E-state index in [4.69, 9.17) is 4.74 Å². The SMILES string of the molecule is CNC1(CCC2CCCCO2)CC1. The lowest BCUT2D eigenvalue weighted by molar-refractivity contribution is 0.00816. The van der Waals surface area contributed by atoms with Gasteiger partial charge in [-0.3, -0.25) is 0 Å². The van der Waals surface area contributed by atoms with E-state index in [9.17, 15) is 0 Å². The van der Waals surface area contributed by atoms with Crippen LogP contribution in [0.15, 0.2) is 0 Å². The van der Waals surface area contributed by atoms with Crippen LogP contribution in [0.2, 0.25) is 0 Å². The zero-order valence-electron chi connectivity index (χ0n) is 8.64. The van der Waals surface area contributed by atoms with Crippen LogP contribution in [-0.2, 0) is 4.74 Å². The molecule has 2 aliphatic rings. The average molecular weight is 183 g/mol. The van der Waals surface area contributed by atoms with Crippen molar-refractivity contribution in [1.29, 1.82) is 0 Å². The second kappa shape index (κ2) is 3.97. The van der Waals surface area contributed by atoms with Crippen LogP contribution in [0.25, 0.3) is 0 Å². The predicted molar refractivity (Wildman–Crippen MR) is 53.8 cm³/mol. The zero-order chi connectivity index (χ0) is 9.15. The molecule has 1 N–H and O–H groups in total. The molecule has 2 heteroatoms. The molecule has 0 radical (unpaired) electrons. The van der Waals surface area contributed by atoms with Crippen LogP contribution in [0.3, 0.4) is 0 Å². The van der Waals surface area contributed by atoms with Gasteiger partial charge in [0.05, 0.1) is 6.10 Å². The summed E-state index contributed by atoms with van der Waals surface area (Å²) >= 11 is 0. The Kier molecular flexibility index (Phi) is 2.89. The summed E-state index contributed by atoms with van der Waals surface area (Å²) in [7, 11) is 2.09. The summed E-state index contributed by atoms with van der Waals surface area (Å²) in [5.41, 5.74) is 0.515. The van der Waals surface area contributed by atoms with E-state index in [1.807, 2.05) is 0 Å². The van der Waals surface area contributed by atoms with E-state index >= 15 is 0 Å². The van der Waals surface area contributed by atoms with Gasteiger partial charge < -0.3 is 10.1 Å². The van der Waals surface area contributed by atoms with Crippen LogP contribution in [0, 0.1) is 0 Å². The molecule has 1 unspecified atom stereocenters. The molecule has 2 nitrogen and oxygen atoms in total. The molecule has 13 heavy (non-hydrogen) atoms. The molecule has 1 saturated heterocycles. The van der Waals surface area contributed by atoms with Crippen LogP contribution >= 0.6 is 0 Å². The Morgan fingerprint density at radius 2 is 2.23 bits per heavy atom. The second-order valence-electron chi connectivity index (χ2n) is 4.56. The fourth-order valence-corrected chi connectivity index (χ4v) is 2.25. The number of nitrogens with one attached hydrogen (secondary N) is 1. The van der Waals surface area contributed by atoms with Crippen molar-refractivity contribution < 1.29 is 4.74 Å². The molecule has 2 rings (SSSR count). The van der Waals surface area contributed by atoms with Crippen LogP contribution in [0.5, 0.6) is 0 Å². The number of hydrogen-bond acceptors (Lipinski definition) is 2. The number of ether oxygens (including phenoxy) is 1. The minimum Gasteiger partial charge on any atom is -0.378 e. The van der Waals surface area contributed by atoms with Crippen molar-refractivity contribution in [2.75, 3.05) is 13.7 Å². The maximum atomic E-state index is 5.72. The van der Waals surface area contributed by atoms with Crippen molar-refractivity contribution in [2.24, 2.45) is 0 Å². The summed E-state index contributed by atoms with van der Waals surface area (Å²) in [6.45, 7) is 0.997. The molecule has 0 bridgehead atoms. The first-order chi connectivity index (χ1) is 6.35. The third kappa shape index (κ3) is 2.44. The maximum Gasteiger partial charge on any atom is 0.0575 e. The van der Waals surface area contributed by atoms with Crippen LogP contribution in [0.4, 0.5) is 0 Å². The van der Waals surface area contributed by atoms with Gasteiger partial charge in [-0.2, -0.15) is 0 Å². The fourth-order valence-electron chi connectivity index (χ4n) is 2.25. The summed E-state index contributed by atoms with van der Waals surface area (Å²) in [6.07, 6.45) is 9.83. The largest absolute Gasteiger partial charge is 0.378 e. The molecule has 76 valence electrons. The van der Waals surface area contributed by atoms with Crippen molar-refractivity contribution in [1.82, 2.24) is 5.32 Å². The second-order valence-corrected chi connectivity index (χ2v) is 4.56. The van der Waals surface area contributed by atoms with Crippen LogP contribution in [0.1, 0.15) is 44.9 Å². The van der Waals surface area contributed by atoms with Gasteiger partial charge in [0.1, 0.15) is 0 Å². The lowest BCUT2D eigenvalue weighted by Gasteiger charge is -2.24. The Morgan fingerprint density at radius 3 is 2.77 bits per heavy atom. The highest BCUT2D eigenvalue weighted by Gasteiger charge is 2.40. The van der Waals surface area contributed by atoms with Gasteiger partial charge in [0.15, 0.2) is 0 Å². The molecular weight excluding hydrogens is 162 g/mol. The highest BCUT2D eigenvalue weighted by Crippen LogP contribution is 2.40. The summed E-state index contributed by atoms with van der Waals surface area (Å²) in [4.78, 5) is 0. The van der Waals surface area contributed by atoms with Crippen molar-refractivity contribution in [3.8, 4) is 0 Å². The molecule has 2 fully saturated rings. The first-order valence-corrected chi connectivity index (χ1v) is 5.65. The van der Waals surface area contributed by atoms with Gasteiger partial charge in [-0.05, 0) is 52.0 Å². The first kappa shape index (κ1) is 9.47. The van der Waals surface area contributed by atoms with Crippen molar-refractivity contribution in [3.05, 3.63) is 0 Å². The molecule has 1 heterocycles. The van der Waals surface area contributed by atoms with E-state index in [1.54, 1.807) is 0 Å². The van der Waals surface area contributed by atoms with Gasteiger partial charge in [-0.25, -0.2) is 0 Å².